The van der Waals surface area contributed by atoms with Crippen molar-refractivity contribution in [3.05, 3.63) is 94.5 Å². The van der Waals surface area contributed by atoms with Crippen LogP contribution in [0, 0.1) is 6.92 Å². The molecule has 6 nitrogen and oxygen atoms in total. The first-order valence-corrected chi connectivity index (χ1v) is 11.6. The summed E-state index contributed by atoms with van der Waals surface area (Å²) in [5, 5.41) is 3.83. The maximum absolute atomic E-state index is 13.3. The van der Waals surface area contributed by atoms with Crippen LogP contribution in [0.15, 0.2) is 82.8 Å². The molecule has 0 radical (unpaired) electrons. The summed E-state index contributed by atoms with van der Waals surface area (Å²) in [4.78, 5) is 12.5. The summed E-state index contributed by atoms with van der Waals surface area (Å²) in [6, 6.07) is 16.7. The summed E-state index contributed by atoms with van der Waals surface area (Å²) in [5.74, 6) is -0.864. The fourth-order valence-electron chi connectivity index (χ4n) is 2.99. The first-order valence-electron chi connectivity index (χ1n) is 9.81. The quantitative estimate of drug-likeness (QED) is 0.359. The molecule has 1 N–H and O–H groups in total. The third kappa shape index (κ3) is 6.15. The van der Waals surface area contributed by atoms with Gasteiger partial charge in [0.05, 0.1) is 22.4 Å². The predicted octanol–water partition coefficient (Wildman–Crippen LogP) is 5.01. The molecule has 178 valence electrons. The van der Waals surface area contributed by atoms with Crippen LogP contribution in [0.3, 0.4) is 0 Å². The first kappa shape index (κ1) is 25.3. The standard InChI is InChI=1S/C23H19ClF3N3O3S/c1-16-9-11-20(12-10-16)34(32,33)30(19-7-4-6-18(24)13-19)15-22(31)29-28-14-17-5-2-3-8-21(17)23(25,26)27/h2-14H,15H2,1H3,(H,29,31)/b28-14-. The predicted molar refractivity (Wildman–Crippen MR) is 124 cm³/mol. The molecule has 0 fully saturated rings. The number of nitrogens with one attached hydrogen (secondary N) is 1. The molecule has 0 aliphatic heterocycles. The van der Waals surface area contributed by atoms with E-state index < -0.39 is 34.2 Å². The van der Waals surface area contributed by atoms with Crippen LogP contribution in [0.4, 0.5) is 18.9 Å². The van der Waals surface area contributed by atoms with Gasteiger partial charge in [0.1, 0.15) is 6.54 Å². The van der Waals surface area contributed by atoms with Crippen molar-refractivity contribution < 1.29 is 26.4 Å². The topological polar surface area (TPSA) is 78.8 Å². The zero-order chi connectivity index (χ0) is 24.9. The molecule has 0 heterocycles. The van der Waals surface area contributed by atoms with E-state index >= 15 is 0 Å². The molecule has 3 rings (SSSR count). The molecule has 3 aromatic carbocycles. The lowest BCUT2D eigenvalue weighted by molar-refractivity contribution is -0.137. The van der Waals surface area contributed by atoms with Crippen LogP contribution in [-0.2, 0) is 21.0 Å². The highest BCUT2D eigenvalue weighted by Crippen LogP contribution is 2.31. The van der Waals surface area contributed by atoms with Crippen molar-refractivity contribution in [1.29, 1.82) is 0 Å². The highest BCUT2D eigenvalue weighted by Gasteiger charge is 2.32. The van der Waals surface area contributed by atoms with Gasteiger partial charge < -0.3 is 0 Å². The van der Waals surface area contributed by atoms with Gasteiger partial charge in [-0.1, -0.05) is 53.6 Å². The Kier molecular flexibility index (Phi) is 7.63. The summed E-state index contributed by atoms with van der Waals surface area (Å²) in [6.07, 6.45) is -3.75. The molecule has 0 spiro atoms. The van der Waals surface area contributed by atoms with Crippen molar-refractivity contribution in [2.24, 2.45) is 5.10 Å². The Hall–Kier alpha value is -3.37. The van der Waals surface area contributed by atoms with Crippen molar-refractivity contribution in [1.82, 2.24) is 5.43 Å². The normalized spacial score (nSPS) is 12.0. The van der Waals surface area contributed by atoms with E-state index in [1.807, 2.05) is 0 Å². The molecule has 0 saturated carbocycles. The highest BCUT2D eigenvalue weighted by molar-refractivity contribution is 7.92. The largest absolute Gasteiger partial charge is 0.417 e. The van der Waals surface area contributed by atoms with E-state index in [0.29, 0.717) is 0 Å². The lowest BCUT2D eigenvalue weighted by atomic mass is 10.1. The number of carbonyl (C=O) groups is 1. The van der Waals surface area contributed by atoms with Gasteiger partial charge in [0, 0.05) is 10.6 Å². The number of hydrogen-bond donors (Lipinski definition) is 1. The SMILES string of the molecule is Cc1ccc(S(=O)(=O)N(CC(=O)N/N=C\c2ccccc2C(F)(F)F)c2cccc(Cl)c2)cc1. The number of anilines is 1. The number of carbonyl (C=O) groups excluding carboxylic acids is 1. The van der Waals surface area contributed by atoms with E-state index in [4.69, 9.17) is 11.6 Å². The number of nitrogens with zero attached hydrogens (tertiary/aromatic N) is 2. The number of sulfonamides is 1. The minimum absolute atomic E-state index is 0.0477. The number of alkyl halides is 3. The smallest absolute Gasteiger partial charge is 0.271 e. The molecule has 1 amide bonds. The molecule has 34 heavy (non-hydrogen) atoms. The maximum Gasteiger partial charge on any atom is 0.417 e. The van der Waals surface area contributed by atoms with Gasteiger partial charge in [-0.3, -0.25) is 9.10 Å². The monoisotopic (exact) mass is 509 g/mol. The number of amides is 1. The number of hydrogen-bond acceptors (Lipinski definition) is 4. The number of aryl methyl sites for hydroxylation is 1. The third-order valence-electron chi connectivity index (χ3n) is 4.65. The molecule has 0 saturated heterocycles. The molecule has 0 aliphatic rings. The highest BCUT2D eigenvalue weighted by atomic mass is 35.5. The molecule has 0 bridgehead atoms. The average Bonchev–Trinajstić information content (AvgIpc) is 2.77. The summed E-state index contributed by atoms with van der Waals surface area (Å²) in [5.41, 5.74) is 1.89. The van der Waals surface area contributed by atoms with Crippen LogP contribution >= 0.6 is 11.6 Å². The Labute approximate surface area is 199 Å². The molecule has 11 heteroatoms. The fourth-order valence-corrected chi connectivity index (χ4v) is 4.59. The molecule has 3 aromatic rings. The minimum Gasteiger partial charge on any atom is -0.271 e. The number of halogens is 4. The van der Waals surface area contributed by atoms with Crippen LogP contribution < -0.4 is 9.73 Å². The number of hydrazone groups is 1. The van der Waals surface area contributed by atoms with Crippen molar-refractivity contribution >= 4 is 39.4 Å². The van der Waals surface area contributed by atoms with E-state index in [2.05, 4.69) is 10.5 Å². The van der Waals surface area contributed by atoms with Crippen molar-refractivity contribution in [3.8, 4) is 0 Å². The van der Waals surface area contributed by atoms with E-state index in [1.165, 1.54) is 48.5 Å². The lowest BCUT2D eigenvalue weighted by Gasteiger charge is -2.24. The maximum atomic E-state index is 13.3. The lowest BCUT2D eigenvalue weighted by Crippen LogP contribution is -2.39. The Morgan fingerprint density at radius 3 is 2.38 bits per heavy atom. The van der Waals surface area contributed by atoms with E-state index in [9.17, 15) is 26.4 Å². The molecule has 0 aliphatic carbocycles. The number of rotatable bonds is 7. The summed E-state index contributed by atoms with van der Waals surface area (Å²) in [6.45, 7) is 1.11. The molecule has 0 atom stereocenters. The minimum atomic E-state index is -4.60. The second kappa shape index (κ2) is 10.3. The second-order valence-electron chi connectivity index (χ2n) is 7.18. The summed E-state index contributed by atoms with van der Waals surface area (Å²) in [7, 11) is -4.17. The van der Waals surface area contributed by atoms with Gasteiger partial charge in [-0.25, -0.2) is 13.8 Å². The zero-order valence-electron chi connectivity index (χ0n) is 17.8. The Morgan fingerprint density at radius 2 is 1.74 bits per heavy atom. The van der Waals surface area contributed by atoms with Gasteiger partial charge >= 0.3 is 6.18 Å². The van der Waals surface area contributed by atoms with E-state index in [1.54, 1.807) is 25.1 Å². The second-order valence-corrected chi connectivity index (χ2v) is 9.48. The Morgan fingerprint density at radius 1 is 1.06 bits per heavy atom. The van der Waals surface area contributed by atoms with Gasteiger partial charge in [-0.2, -0.15) is 18.3 Å². The van der Waals surface area contributed by atoms with Gasteiger partial charge in [-0.05, 0) is 43.3 Å². The molecule has 0 aromatic heterocycles. The van der Waals surface area contributed by atoms with Crippen LogP contribution in [0.2, 0.25) is 5.02 Å². The van der Waals surface area contributed by atoms with Crippen LogP contribution in [0.5, 0.6) is 0 Å². The van der Waals surface area contributed by atoms with E-state index in [-0.39, 0.29) is 21.2 Å². The summed E-state index contributed by atoms with van der Waals surface area (Å²) >= 11 is 6.01. The van der Waals surface area contributed by atoms with Crippen molar-refractivity contribution in [2.45, 2.75) is 18.0 Å². The van der Waals surface area contributed by atoms with Gasteiger partial charge in [0.25, 0.3) is 15.9 Å². The molecular weight excluding hydrogens is 491 g/mol. The number of benzene rings is 3. The van der Waals surface area contributed by atoms with E-state index in [0.717, 1.165) is 22.1 Å². The summed E-state index contributed by atoms with van der Waals surface area (Å²) < 4.78 is 66.7. The molecule has 0 unspecified atom stereocenters. The van der Waals surface area contributed by atoms with Crippen LogP contribution in [0.1, 0.15) is 16.7 Å². The van der Waals surface area contributed by atoms with Gasteiger partial charge in [0.2, 0.25) is 0 Å². The fraction of sp³-hybridized carbons (Fsp3) is 0.130. The first-order chi connectivity index (χ1) is 16.0. The van der Waals surface area contributed by atoms with Gasteiger partial charge in [-0.15, -0.1) is 0 Å². The zero-order valence-corrected chi connectivity index (χ0v) is 19.3. The Bertz CT molecular complexity index is 1310. The van der Waals surface area contributed by atoms with Gasteiger partial charge in [0.15, 0.2) is 0 Å². The van der Waals surface area contributed by atoms with Crippen molar-refractivity contribution in [2.75, 3.05) is 10.8 Å². The van der Waals surface area contributed by atoms with Crippen LogP contribution in [0.25, 0.3) is 0 Å². The molecular formula is C23H19ClF3N3O3S. The van der Waals surface area contributed by atoms with Crippen molar-refractivity contribution in [3.63, 3.8) is 0 Å². The Balaban J connectivity index is 1.86. The van der Waals surface area contributed by atoms with Crippen LogP contribution in [-0.4, -0.2) is 27.1 Å². The average molecular weight is 510 g/mol. The third-order valence-corrected chi connectivity index (χ3v) is 6.67.